The second kappa shape index (κ2) is 14.1. The molecular formula is C27H39ClN2O2PY+. The van der Waals surface area contributed by atoms with Gasteiger partial charge in [-0.1, -0.05) is 43.1 Å². The normalized spacial score (nSPS) is 12.0. The fourth-order valence-corrected chi connectivity index (χ4v) is 9.06. The van der Waals surface area contributed by atoms with Crippen LogP contribution in [0.25, 0.3) is 0 Å². The molecule has 0 aliphatic carbocycles. The molecule has 2 rings (SSSR count). The van der Waals surface area contributed by atoms with Crippen molar-refractivity contribution in [2.45, 2.75) is 67.0 Å². The zero-order chi connectivity index (χ0) is 24.8. The molecule has 0 heterocycles. The maximum absolute atomic E-state index is 13.7. The summed E-state index contributed by atoms with van der Waals surface area (Å²) < 4.78 is 0. The third-order valence-corrected chi connectivity index (χ3v) is 12.2. The Kier molecular flexibility index (Phi) is 12.9. The molecule has 0 saturated heterocycles. The number of para-hydroxylation sites is 1. The van der Waals surface area contributed by atoms with Crippen LogP contribution in [0.4, 0.5) is 11.4 Å². The summed E-state index contributed by atoms with van der Waals surface area (Å²) in [6.45, 7) is 14.3. The molecule has 2 amide bonds. The number of hydrogen-bond acceptors (Lipinski definition) is 2. The minimum absolute atomic E-state index is 0. The van der Waals surface area contributed by atoms with Crippen molar-refractivity contribution >= 4 is 42.1 Å². The average Bonchev–Trinajstić information content (AvgIpc) is 2.75. The number of nitrogens with one attached hydrogen (secondary N) is 2. The molecular weight excluding hydrogens is 540 g/mol. The first-order valence-corrected chi connectivity index (χ1v) is 14.7. The van der Waals surface area contributed by atoms with Gasteiger partial charge in [0.25, 0.3) is 11.8 Å². The average molecular weight is 579 g/mol. The van der Waals surface area contributed by atoms with E-state index in [1.165, 1.54) is 0 Å². The molecule has 183 valence electrons. The van der Waals surface area contributed by atoms with Crippen LogP contribution in [0.1, 0.15) is 55.9 Å². The van der Waals surface area contributed by atoms with E-state index in [2.05, 4.69) is 31.4 Å². The van der Waals surface area contributed by atoms with Crippen LogP contribution >= 0.6 is 18.9 Å². The van der Waals surface area contributed by atoms with Crippen LogP contribution < -0.4 is 10.6 Å². The molecule has 0 fully saturated rings. The maximum atomic E-state index is 13.7. The van der Waals surface area contributed by atoms with Crippen molar-refractivity contribution in [3.05, 3.63) is 57.6 Å². The molecule has 2 aromatic rings. The van der Waals surface area contributed by atoms with E-state index in [1.807, 2.05) is 58.0 Å². The Morgan fingerprint density at radius 1 is 0.882 bits per heavy atom. The molecule has 1 radical (unpaired) electrons. The standard InChI is InChI=1S/C27H38ClN2O2P.Y/c1-8-12-23(27(32)30-26-20(6)15-22(28)16-21(26)7)33(9-2,10-3)17-24(31)29-25-18(4)13-11-14-19(25)5;/h11,13-16,23H,8-10,12,17H2,1-7H3,(H-,29,30,31,32);/p+1. The van der Waals surface area contributed by atoms with Crippen molar-refractivity contribution in [1.82, 2.24) is 0 Å². The predicted molar refractivity (Wildman–Crippen MR) is 146 cm³/mol. The maximum Gasteiger partial charge on any atom is 0.265 e. The zero-order valence-corrected chi connectivity index (χ0v) is 26.2. The molecule has 34 heavy (non-hydrogen) atoms. The van der Waals surface area contributed by atoms with Crippen LogP contribution in [0.15, 0.2) is 30.3 Å². The van der Waals surface area contributed by atoms with E-state index in [4.69, 9.17) is 11.6 Å². The van der Waals surface area contributed by atoms with Crippen molar-refractivity contribution in [2.75, 3.05) is 29.1 Å². The molecule has 7 heteroatoms. The van der Waals surface area contributed by atoms with Crippen LogP contribution in [0.3, 0.4) is 0 Å². The van der Waals surface area contributed by atoms with Crippen molar-refractivity contribution in [3.63, 3.8) is 0 Å². The molecule has 0 aromatic heterocycles. The SMILES string of the molecule is CCCC(C(=O)Nc1c(C)cc(Cl)cc1C)[P+](CC)(CC)CC(=O)Nc1c(C)cccc1C.[Y]. The van der Waals surface area contributed by atoms with Gasteiger partial charge >= 0.3 is 0 Å². The van der Waals surface area contributed by atoms with Crippen molar-refractivity contribution < 1.29 is 42.3 Å². The predicted octanol–water partition coefficient (Wildman–Crippen LogP) is 7.37. The van der Waals surface area contributed by atoms with Gasteiger partial charge in [0.1, 0.15) is 11.8 Å². The molecule has 0 aliphatic heterocycles. The smallest absolute Gasteiger partial charge is 0.265 e. The zero-order valence-electron chi connectivity index (χ0n) is 21.7. The van der Waals surface area contributed by atoms with Crippen molar-refractivity contribution in [1.29, 1.82) is 0 Å². The first kappa shape index (κ1) is 31.2. The molecule has 4 nitrogen and oxygen atoms in total. The molecule has 0 aliphatic rings. The quantitative estimate of drug-likeness (QED) is 0.289. The minimum Gasteiger partial charge on any atom is -0.322 e. The van der Waals surface area contributed by atoms with E-state index >= 15 is 0 Å². The molecule has 1 atom stereocenters. The Bertz CT molecular complexity index is 965. The van der Waals surface area contributed by atoms with Crippen molar-refractivity contribution in [2.24, 2.45) is 0 Å². The van der Waals surface area contributed by atoms with Crippen LogP contribution in [0, 0.1) is 27.7 Å². The van der Waals surface area contributed by atoms with Gasteiger partial charge in [0.15, 0.2) is 0 Å². The third-order valence-electron chi connectivity index (χ3n) is 6.74. The van der Waals surface area contributed by atoms with Gasteiger partial charge < -0.3 is 10.6 Å². The Labute approximate surface area is 236 Å². The van der Waals surface area contributed by atoms with Gasteiger partial charge in [0.05, 0.1) is 12.3 Å². The Morgan fingerprint density at radius 2 is 1.38 bits per heavy atom. The van der Waals surface area contributed by atoms with Gasteiger partial charge in [-0.2, -0.15) is 0 Å². The number of benzene rings is 2. The van der Waals surface area contributed by atoms with Gasteiger partial charge in [-0.25, -0.2) is 0 Å². The summed E-state index contributed by atoms with van der Waals surface area (Å²) >= 11 is 6.18. The summed E-state index contributed by atoms with van der Waals surface area (Å²) in [5.74, 6) is 0.0412. The van der Waals surface area contributed by atoms with E-state index < -0.39 is 7.26 Å². The molecule has 0 bridgehead atoms. The Morgan fingerprint density at radius 3 is 1.85 bits per heavy atom. The van der Waals surface area contributed by atoms with Gasteiger partial charge in [0.2, 0.25) is 0 Å². The number of carbonyl (C=O) groups excluding carboxylic acids is 2. The molecule has 1 unspecified atom stereocenters. The van der Waals surface area contributed by atoms with Crippen molar-refractivity contribution in [3.8, 4) is 0 Å². The number of amides is 2. The van der Waals surface area contributed by atoms with Gasteiger partial charge in [-0.3, -0.25) is 9.59 Å². The topological polar surface area (TPSA) is 58.2 Å². The number of aryl methyl sites for hydroxylation is 4. The van der Waals surface area contributed by atoms with E-state index in [9.17, 15) is 9.59 Å². The fourth-order valence-electron chi connectivity index (χ4n) is 4.72. The number of halogens is 1. The van der Waals surface area contributed by atoms with Crippen LogP contribution in [-0.2, 0) is 42.3 Å². The summed E-state index contributed by atoms with van der Waals surface area (Å²) in [5, 5.41) is 7.03. The van der Waals surface area contributed by atoms with E-state index in [0.717, 1.165) is 58.8 Å². The van der Waals surface area contributed by atoms with E-state index in [1.54, 1.807) is 0 Å². The molecule has 2 aromatic carbocycles. The Balaban J connectivity index is 0.00000578. The van der Waals surface area contributed by atoms with Gasteiger partial charge in [0, 0.05) is 56.4 Å². The third kappa shape index (κ3) is 7.60. The largest absolute Gasteiger partial charge is 0.322 e. The monoisotopic (exact) mass is 578 g/mol. The van der Waals surface area contributed by atoms with E-state index in [-0.39, 0.29) is 50.2 Å². The second-order valence-corrected chi connectivity index (χ2v) is 14.1. The number of carbonyl (C=O) groups is 2. The van der Waals surface area contributed by atoms with Gasteiger partial charge in [-0.15, -0.1) is 0 Å². The molecule has 2 N–H and O–H groups in total. The van der Waals surface area contributed by atoms with Crippen LogP contribution in [-0.4, -0.2) is 36.0 Å². The molecule has 0 saturated carbocycles. The second-order valence-electron chi connectivity index (χ2n) is 9.03. The Hall–Kier alpha value is -0.796. The summed E-state index contributed by atoms with van der Waals surface area (Å²) in [6, 6.07) is 9.76. The van der Waals surface area contributed by atoms with Crippen LogP contribution in [0.5, 0.6) is 0 Å². The first-order valence-electron chi connectivity index (χ1n) is 11.9. The summed E-state index contributed by atoms with van der Waals surface area (Å²) in [6.07, 6.45) is 3.83. The molecule has 0 spiro atoms. The first-order chi connectivity index (χ1) is 15.6. The fraction of sp³-hybridized carbons (Fsp3) is 0.481. The van der Waals surface area contributed by atoms with Gasteiger partial charge in [-0.05, 0) is 82.3 Å². The minimum atomic E-state index is -1.89. The summed E-state index contributed by atoms with van der Waals surface area (Å²) in [4.78, 5) is 26.9. The number of anilines is 2. The number of hydrogen-bond donors (Lipinski definition) is 2. The van der Waals surface area contributed by atoms with E-state index in [0.29, 0.717) is 11.2 Å². The summed E-state index contributed by atoms with van der Waals surface area (Å²) in [7, 11) is -1.89. The summed E-state index contributed by atoms with van der Waals surface area (Å²) in [5.41, 5.74) is 5.57. The number of rotatable bonds is 10. The van der Waals surface area contributed by atoms with Crippen LogP contribution in [0.2, 0.25) is 5.02 Å².